The topological polar surface area (TPSA) is 42.0 Å². The molecule has 0 aromatic carbocycles. The van der Waals surface area contributed by atoms with Crippen LogP contribution < -0.4 is 5.32 Å². The molecule has 1 saturated carbocycles. The van der Waals surface area contributed by atoms with Crippen molar-refractivity contribution in [2.45, 2.75) is 45.6 Å². The quantitative estimate of drug-likeness (QED) is 0.663. The van der Waals surface area contributed by atoms with Gasteiger partial charge in [-0.05, 0) is 62.3 Å². The highest BCUT2D eigenvalue weighted by atomic mass is 16.1. The summed E-state index contributed by atoms with van der Waals surface area (Å²) in [7, 11) is 0. The number of aromatic nitrogens is 1. The Bertz CT molecular complexity index is 523. The maximum absolute atomic E-state index is 10.8. The molecule has 0 radical (unpaired) electrons. The van der Waals surface area contributed by atoms with Gasteiger partial charge in [-0.1, -0.05) is 12.6 Å². The van der Waals surface area contributed by atoms with Gasteiger partial charge < -0.3 is 10.1 Å². The molecule has 0 spiro atoms. The average molecular weight is 284 g/mol. The summed E-state index contributed by atoms with van der Waals surface area (Å²) in [5, 5.41) is 3.46. The molecular formula is C18H24N2O. The molecule has 1 aliphatic rings. The number of rotatable bonds is 5. The summed E-state index contributed by atoms with van der Waals surface area (Å²) in [6, 6.07) is 4.52. The Balaban J connectivity index is 1.90. The number of hydrogen-bond donors (Lipinski definition) is 1. The van der Waals surface area contributed by atoms with Crippen molar-refractivity contribution >= 4 is 11.9 Å². The summed E-state index contributed by atoms with van der Waals surface area (Å²) >= 11 is 0. The number of carbonyl (C=O) groups excluding carboxylic acids is 1. The van der Waals surface area contributed by atoms with Crippen molar-refractivity contribution in [3.8, 4) is 0 Å². The molecule has 0 aliphatic heterocycles. The van der Waals surface area contributed by atoms with Gasteiger partial charge in [0.05, 0.1) is 5.69 Å². The van der Waals surface area contributed by atoms with Crippen molar-refractivity contribution in [3.63, 3.8) is 0 Å². The number of nitrogens with one attached hydrogen (secondary N) is 1. The van der Waals surface area contributed by atoms with Gasteiger partial charge in [-0.25, -0.2) is 0 Å². The van der Waals surface area contributed by atoms with E-state index in [9.17, 15) is 4.79 Å². The molecule has 1 aromatic heterocycles. The number of carbonyl (C=O) groups is 1. The highest BCUT2D eigenvalue weighted by molar-refractivity contribution is 5.74. The molecule has 1 fully saturated rings. The number of aldehydes is 1. The van der Waals surface area contributed by atoms with E-state index in [-0.39, 0.29) is 5.92 Å². The number of aryl methyl sites for hydroxylation is 1. The van der Waals surface area contributed by atoms with Crippen LogP contribution >= 0.6 is 0 Å². The van der Waals surface area contributed by atoms with Crippen molar-refractivity contribution in [1.29, 1.82) is 0 Å². The normalized spacial score (nSPS) is 22.7. The molecular weight excluding hydrogens is 260 g/mol. The van der Waals surface area contributed by atoms with Crippen LogP contribution in [0, 0.1) is 12.8 Å². The summed E-state index contributed by atoms with van der Waals surface area (Å²) in [6.45, 7) is 8.20. The Kier molecular flexibility index (Phi) is 5.32. The van der Waals surface area contributed by atoms with Crippen LogP contribution in [0.4, 0.5) is 0 Å². The largest absolute Gasteiger partial charge is 0.388 e. The van der Waals surface area contributed by atoms with Crippen LogP contribution in [-0.2, 0) is 4.79 Å². The average Bonchev–Trinajstić information content (AvgIpc) is 2.53. The lowest BCUT2D eigenvalue weighted by molar-refractivity contribution is -0.111. The zero-order valence-corrected chi connectivity index (χ0v) is 12.9. The SMILES string of the molecule is C=C(/C(C)=C\N[C@H]1CC[C@H](C=O)CC1)c1ccc(C)cn1. The third kappa shape index (κ3) is 4.28. The maximum Gasteiger partial charge on any atom is 0.123 e. The molecule has 1 heterocycles. The first-order valence-electron chi connectivity index (χ1n) is 7.60. The van der Waals surface area contributed by atoms with Gasteiger partial charge in [0.1, 0.15) is 6.29 Å². The minimum Gasteiger partial charge on any atom is -0.388 e. The molecule has 0 saturated heterocycles. The third-order valence-electron chi connectivity index (χ3n) is 4.20. The summed E-state index contributed by atoms with van der Waals surface area (Å²) in [5.74, 6) is 0.264. The highest BCUT2D eigenvalue weighted by Gasteiger charge is 2.19. The van der Waals surface area contributed by atoms with Crippen molar-refractivity contribution in [2.75, 3.05) is 0 Å². The predicted octanol–water partition coefficient (Wildman–Crippen LogP) is 3.65. The lowest BCUT2D eigenvalue weighted by Gasteiger charge is -2.26. The molecule has 0 unspecified atom stereocenters. The van der Waals surface area contributed by atoms with Gasteiger partial charge in [-0.2, -0.15) is 0 Å². The van der Waals surface area contributed by atoms with E-state index in [1.165, 1.54) is 0 Å². The van der Waals surface area contributed by atoms with Crippen molar-refractivity contribution in [2.24, 2.45) is 5.92 Å². The fraction of sp³-hybridized carbons (Fsp3) is 0.444. The zero-order chi connectivity index (χ0) is 15.2. The van der Waals surface area contributed by atoms with Crippen molar-refractivity contribution in [1.82, 2.24) is 10.3 Å². The van der Waals surface area contributed by atoms with Crippen LogP contribution in [-0.4, -0.2) is 17.3 Å². The lowest BCUT2D eigenvalue weighted by atomic mass is 9.87. The Morgan fingerprint density at radius 1 is 1.33 bits per heavy atom. The van der Waals surface area contributed by atoms with Crippen molar-refractivity contribution < 1.29 is 4.79 Å². The summed E-state index contributed by atoms with van der Waals surface area (Å²) in [4.78, 5) is 15.2. The third-order valence-corrected chi connectivity index (χ3v) is 4.20. The van der Waals surface area contributed by atoms with E-state index in [1.807, 2.05) is 32.3 Å². The number of allylic oxidation sites excluding steroid dienone is 2. The first-order chi connectivity index (χ1) is 10.1. The molecule has 1 aliphatic carbocycles. The molecule has 3 heteroatoms. The highest BCUT2D eigenvalue weighted by Crippen LogP contribution is 2.23. The molecule has 3 nitrogen and oxygen atoms in total. The molecule has 2 rings (SSSR count). The Morgan fingerprint density at radius 2 is 2.05 bits per heavy atom. The minimum absolute atomic E-state index is 0.264. The second-order valence-electron chi connectivity index (χ2n) is 5.94. The summed E-state index contributed by atoms with van der Waals surface area (Å²) in [5.41, 5.74) is 4.12. The molecule has 21 heavy (non-hydrogen) atoms. The fourth-order valence-electron chi connectivity index (χ4n) is 2.60. The van der Waals surface area contributed by atoms with Gasteiger partial charge in [0.2, 0.25) is 0 Å². The van der Waals surface area contributed by atoms with Gasteiger partial charge in [0.15, 0.2) is 0 Å². The fourth-order valence-corrected chi connectivity index (χ4v) is 2.60. The molecule has 0 atom stereocenters. The van der Waals surface area contributed by atoms with E-state index in [2.05, 4.69) is 22.9 Å². The second kappa shape index (κ2) is 7.21. The minimum atomic E-state index is 0.264. The van der Waals surface area contributed by atoms with E-state index >= 15 is 0 Å². The standard InChI is InChI=1S/C18H24N2O/c1-13-4-9-18(20-10-13)15(3)14(2)11-19-17-7-5-16(12-21)6-8-17/h4,9-12,16-17,19H,3,5-8H2,1-2H3/b14-11-/t16-,17-. The van der Waals surface area contributed by atoms with E-state index < -0.39 is 0 Å². The van der Waals surface area contributed by atoms with E-state index in [4.69, 9.17) is 0 Å². The molecule has 1 N–H and O–H groups in total. The van der Waals surface area contributed by atoms with Crippen LogP contribution in [0.25, 0.3) is 5.57 Å². The van der Waals surface area contributed by atoms with Gasteiger partial charge in [0.25, 0.3) is 0 Å². The molecule has 112 valence electrons. The first kappa shape index (κ1) is 15.5. The molecule has 0 bridgehead atoms. The number of nitrogens with zero attached hydrogens (tertiary/aromatic N) is 1. The summed E-state index contributed by atoms with van der Waals surface area (Å²) < 4.78 is 0. The Morgan fingerprint density at radius 3 is 2.62 bits per heavy atom. The Labute approximate surface area is 127 Å². The van der Waals surface area contributed by atoms with Gasteiger partial charge >= 0.3 is 0 Å². The van der Waals surface area contributed by atoms with Crippen LogP contribution in [0.15, 0.2) is 36.7 Å². The number of pyridine rings is 1. The summed E-state index contributed by atoms with van der Waals surface area (Å²) in [6.07, 6.45) is 9.10. The van der Waals surface area contributed by atoms with Crippen LogP contribution in [0.5, 0.6) is 0 Å². The van der Waals surface area contributed by atoms with Crippen LogP contribution in [0.2, 0.25) is 0 Å². The van der Waals surface area contributed by atoms with E-state index in [1.54, 1.807) is 0 Å². The van der Waals surface area contributed by atoms with E-state index in [0.717, 1.165) is 54.4 Å². The van der Waals surface area contributed by atoms with Crippen molar-refractivity contribution in [3.05, 3.63) is 47.9 Å². The zero-order valence-electron chi connectivity index (χ0n) is 12.9. The van der Waals surface area contributed by atoms with Crippen LogP contribution in [0.3, 0.4) is 0 Å². The van der Waals surface area contributed by atoms with Crippen LogP contribution in [0.1, 0.15) is 43.9 Å². The van der Waals surface area contributed by atoms with Gasteiger partial charge in [-0.15, -0.1) is 0 Å². The van der Waals surface area contributed by atoms with E-state index in [0.29, 0.717) is 6.04 Å². The molecule has 1 aromatic rings. The maximum atomic E-state index is 10.8. The Hall–Kier alpha value is -1.90. The predicted molar refractivity (Wildman–Crippen MR) is 86.7 cm³/mol. The molecule has 0 amide bonds. The smallest absolute Gasteiger partial charge is 0.123 e. The number of hydrogen-bond acceptors (Lipinski definition) is 3. The first-order valence-corrected chi connectivity index (χ1v) is 7.60. The second-order valence-corrected chi connectivity index (χ2v) is 5.94. The van der Waals surface area contributed by atoms with Gasteiger partial charge in [-0.3, -0.25) is 4.98 Å². The lowest BCUT2D eigenvalue weighted by Crippen LogP contribution is -2.30. The van der Waals surface area contributed by atoms with Gasteiger partial charge in [0, 0.05) is 24.4 Å². The monoisotopic (exact) mass is 284 g/mol.